The van der Waals surface area contributed by atoms with E-state index >= 15 is 0 Å². The maximum Gasteiger partial charge on any atom is 0.349 e. The van der Waals surface area contributed by atoms with Gasteiger partial charge in [-0.15, -0.1) is 11.3 Å². The van der Waals surface area contributed by atoms with E-state index in [0.717, 1.165) is 27.8 Å². The summed E-state index contributed by atoms with van der Waals surface area (Å²) in [5.74, 6) is -0.0791. The third-order valence-electron chi connectivity index (χ3n) is 4.91. The molecule has 0 spiro atoms. The first-order valence-electron chi connectivity index (χ1n) is 8.95. The Morgan fingerprint density at radius 3 is 2.62 bits per heavy atom. The molecule has 0 radical (unpaired) electrons. The smallest absolute Gasteiger partial charge is 0.349 e. The van der Waals surface area contributed by atoms with Crippen molar-refractivity contribution in [1.29, 1.82) is 0 Å². The van der Waals surface area contributed by atoms with Crippen LogP contribution in [0.2, 0.25) is 0 Å². The molecule has 0 aliphatic rings. The van der Waals surface area contributed by atoms with Crippen molar-refractivity contribution in [2.24, 2.45) is 0 Å². The maximum absolute atomic E-state index is 12.7. The van der Waals surface area contributed by atoms with Crippen molar-refractivity contribution in [1.82, 2.24) is 9.97 Å². The van der Waals surface area contributed by atoms with Crippen LogP contribution in [0.4, 0.5) is 0 Å². The minimum Gasteiger partial charge on any atom is -0.457 e. The number of carbonyl (C=O) groups excluding carboxylic acids is 1. The zero-order valence-corrected chi connectivity index (χ0v) is 17.2. The quantitative estimate of drug-likeness (QED) is 0.408. The van der Waals surface area contributed by atoms with Crippen molar-refractivity contribution in [2.45, 2.75) is 34.3 Å². The van der Waals surface area contributed by atoms with Gasteiger partial charge >= 0.3 is 11.6 Å². The molecule has 3 heterocycles. The second kappa shape index (κ2) is 6.97. The third-order valence-corrected chi connectivity index (χ3v) is 6.07. The van der Waals surface area contributed by atoms with Gasteiger partial charge in [0.2, 0.25) is 0 Å². The summed E-state index contributed by atoms with van der Waals surface area (Å²) in [4.78, 5) is 44.5. The highest BCUT2D eigenvalue weighted by molar-refractivity contribution is 7.20. The molecule has 1 N–H and O–H groups in total. The van der Waals surface area contributed by atoms with Crippen LogP contribution in [0.1, 0.15) is 37.7 Å². The molecule has 0 fully saturated rings. The Morgan fingerprint density at radius 1 is 1.14 bits per heavy atom. The van der Waals surface area contributed by atoms with Crippen LogP contribution < -0.4 is 11.2 Å². The van der Waals surface area contributed by atoms with Gasteiger partial charge in [-0.05, 0) is 56.5 Å². The highest BCUT2D eigenvalue weighted by atomic mass is 32.1. The predicted molar refractivity (Wildman–Crippen MR) is 111 cm³/mol. The summed E-state index contributed by atoms with van der Waals surface area (Å²) in [6.45, 7) is 7.19. The van der Waals surface area contributed by atoms with Crippen molar-refractivity contribution >= 4 is 38.5 Å². The molecule has 7 nitrogen and oxygen atoms in total. The van der Waals surface area contributed by atoms with Gasteiger partial charge in [0.1, 0.15) is 27.7 Å². The molecular weight excluding hydrogens is 392 g/mol. The van der Waals surface area contributed by atoms with E-state index in [0.29, 0.717) is 37.6 Å². The van der Waals surface area contributed by atoms with Gasteiger partial charge in [0.25, 0.3) is 5.56 Å². The molecule has 4 rings (SSSR count). The van der Waals surface area contributed by atoms with Crippen LogP contribution in [0.15, 0.2) is 32.2 Å². The molecule has 0 unspecified atom stereocenters. The number of nitrogens with zero attached hydrogens (tertiary/aromatic N) is 1. The van der Waals surface area contributed by atoms with E-state index in [4.69, 9.17) is 9.15 Å². The van der Waals surface area contributed by atoms with Gasteiger partial charge in [0.05, 0.1) is 5.39 Å². The first kappa shape index (κ1) is 19.1. The topological polar surface area (TPSA) is 102 Å². The Balaban J connectivity index is 1.69. The number of ether oxygens (including phenoxy) is 1. The number of carbonyl (C=O) groups is 1. The summed E-state index contributed by atoms with van der Waals surface area (Å²) < 4.78 is 10.8. The molecule has 0 aliphatic heterocycles. The predicted octanol–water partition coefficient (Wildman–Crippen LogP) is 3.68. The fourth-order valence-corrected chi connectivity index (χ4v) is 4.38. The van der Waals surface area contributed by atoms with E-state index < -0.39 is 11.6 Å². The van der Waals surface area contributed by atoms with Gasteiger partial charge in [-0.1, -0.05) is 0 Å². The SMILES string of the molecule is Cc1nc2sc(C(=O)OCc3cc(=O)oc4cc(C)c(C)cc34)c(C)c2c(=O)[nH]1. The zero-order chi connectivity index (χ0) is 20.9. The summed E-state index contributed by atoms with van der Waals surface area (Å²) in [5, 5.41) is 1.12. The number of aromatic amines is 1. The van der Waals surface area contributed by atoms with Gasteiger partial charge < -0.3 is 14.1 Å². The number of thiophene rings is 1. The fraction of sp³-hybridized carbons (Fsp3) is 0.238. The first-order chi connectivity index (χ1) is 13.7. The van der Waals surface area contributed by atoms with Crippen LogP contribution in [-0.2, 0) is 11.3 Å². The fourth-order valence-electron chi connectivity index (χ4n) is 3.26. The number of rotatable bonds is 3. The van der Waals surface area contributed by atoms with E-state index in [2.05, 4.69) is 9.97 Å². The lowest BCUT2D eigenvalue weighted by atomic mass is 10.0. The number of fused-ring (bicyclic) bond motifs is 2. The van der Waals surface area contributed by atoms with Crippen molar-refractivity contribution in [3.63, 3.8) is 0 Å². The average molecular weight is 410 g/mol. The molecule has 0 bridgehead atoms. The van der Waals surface area contributed by atoms with E-state index in [1.165, 1.54) is 6.07 Å². The van der Waals surface area contributed by atoms with E-state index in [9.17, 15) is 14.4 Å². The third kappa shape index (κ3) is 3.36. The number of H-pyrrole nitrogens is 1. The number of hydrogen-bond acceptors (Lipinski definition) is 7. The Bertz CT molecular complexity index is 1410. The molecule has 0 atom stereocenters. The average Bonchev–Trinajstić information content (AvgIpc) is 2.97. The molecule has 4 aromatic rings. The molecular formula is C21H18N2O5S. The van der Waals surface area contributed by atoms with Gasteiger partial charge in [0, 0.05) is 17.0 Å². The lowest BCUT2D eigenvalue weighted by Gasteiger charge is -2.09. The highest BCUT2D eigenvalue weighted by Crippen LogP contribution is 2.28. The lowest BCUT2D eigenvalue weighted by Crippen LogP contribution is -2.10. The van der Waals surface area contributed by atoms with Crippen molar-refractivity contribution < 1.29 is 13.9 Å². The molecule has 0 amide bonds. The van der Waals surface area contributed by atoms with Crippen LogP contribution in [0.25, 0.3) is 21.2 Å². The van der Waals surface area contributed by atoms with Crippen molar-refractivity contribution in [2.75, 3.05) is 0 Å². The molecule has 29 heavy (non-hydrogen) atoms. The standard InChI is InChI=1S/C21H18N2O5S/c1-9-5-14-13(7-16(24)28-15(14)6-10(9)2)8-27-21(26)18-11(3)17-19(25)22-12(4)23-20(17)29-18/h5-7H,8H2,1-4H3,(H,22,23,25). The summed E-state index contributed by atoms with van der Waals surface area (Å²) in [7, 11) is 0. The van der Waals surface area contributed by atoms with E-state index in [-0.39, 0.29) is 12.2 Å². The van der Waals surface area contributed by atoms with Crippen LogP contribution in [0, 0.1) is 27.7 Å². The van der Waals surface area contributed by atoms with E-state index in [1.807, 2.05) is 19.9 Å². The van der Waals surface area contributed by atoms with Gasteiger partial charge in [-0.2, -0.15) is 0 Å². The number of nitrogens with one attached hydrogen (secondary N) is 1. The van der Waals surface area contributed by atoms with Crippen LogP contribution in [-0.4, -0.2) is 15.9 Å². The van der Waals surface area contributed by atoms with Crippen molar-refractivity contribution in [3.05, 3.63) is 71.9 Å². The lowest BCUT2D eigenvalue weighted by molar-refractivity contribution is 0.0479. The Kier molecular flexibility index (Phi) is 4.58. The molecule has 0 aliphatic carbocycles. The van der Waals surface area contributed by atoms with Gasteiger partial charge in [-0.3, -0.25) is 4.79 Å². The van der Waals surface area contributed by atoms with E-state index in [1.54, 1.807) is 19.9 Å². The molecule has 8 heteroatoms. The Labute approximate surface area is 169 Å². The summed E-state index contributed by atoms with van der Waals surface area (Å²) in [6, 6.07) is 5.04. The minimum absolute atomic E-state index is 0.0834. The first-order valence-corrected chi connectivity index (χ1v) is 9.77. The molecule has 0 saturated carbocycles. The normalized spacial score (nSPS) is 11.3. The summed E-state index contributed by atoms with van der Waals surface area (Å²) >= 11 is 1.12. The van der Waals surface area contributed by atoms with Crippen LogP contribution in [0.3, 0.4) is 0 Å². The van der Waals surface area contributed by atoms with Crippen LogP contribution in [0.5, 0.6) is 0 Å². The summed E-state index contributed by atoms with van der Waals surface area (Å²) in [6.07, 6.45) is 0. The number of benzene rings is 1. The molecule has 3 aromatic heterocycles. The minimum atomic E-state index is -0.562. The molecule has 148 valence electrons. The van der Waals surface area contributed by atoms with Crippen molar-refractivity contribution in [3.8, 4) is 0 Å². The number of aromatic nitrogens is 2. The maximum atomic E-state index is 12.7. The van der Waals surface area contributed by atoms with Gasteiger partial charge in [-0.25, -0.2) is 14.6 Å². The second-order valence-corrected chi connectivity index (χ2v) is 7.99. The zero-order valence-electron chi connectivity index (χ0n) is 16.3. The van der Waals surface area contributed by atoms with Gasteiger partial charge in [0.15, 0.2) is 0 Å². The monoisotopic (exact) mass is 410 g/mol. The highest BCUT2D eigenvalue weighted by Gasteiger charge is 2.20. The Hall–Kier alpha value is -3.26. The number of hydrogen-bond donors (Lipinski definition) is 1. The van der Waals surface area contributed by atoms with Crippen LogP contribution >= 0.6 is 11.3 Å². The Morgan fingerprint density at radius 2 is 1.86 bits per heavy atom. The molecule has 1 aromatic carbocycles. The molecule has 0 saturated heterocycles. The largest absolute Gasteiger partial charge is 0.457 e. The second-order valence-electron chi connectivity index (χ2n) is 6.99. The summed E-state index contributed by atoms with van der Waals surface area (Å²) in [5.41, 5.74) is 2.82. The number of esters is 1. The number of aryl methyl sites for hydroxylation is 4.